The second-order valence-electron chi connectivity index (χ2n) is 6.12. The zero-order valence-corrected chi connectivity index (χ0v) is 14.0. The molecule has 3 rings (SSSR count). The van der Waals surface area contributed by atoms with Gasteiger partial charge < -0.3 is 33.2 Å². The number of nitrogens with zero attached hydrogens (tertiary/aromatic N) is 2. The lowest BCUT2D eigenvalue weighted by Gasteiger charge is -2.48. The van der Waals surface area contributed by atoms with Crippen molar-refractivity contribution < 1.29 is 37.1 Å². The van der Waals surface area contributed by atoms with Gasteiger partial charge in [0.05, 0.1) is 20.1 Å². The smallest absolute Gasteiger partial charge is 0.352 e. The number of carboxylic acid groups (broad SMARTS) is 1. The highest BCUT2D eigenvalue weighted by molar-refractivity contribution is 8.00. The lowest BCUT2D eigenvalue weighted by atomic mass is 10.0. The Labute approximate surface area is 139 Å². The molecule has 0 saturated carbocycles. The SMILES string of the molecule is C[N+]1(CC2=C(C(=O)O)N3C(=O)C(N)C3SC2)CCCC1.O.[Cl-]. The molecule has 0 aromatic carbocycles. The number of amides is 1. The Bertz CT molecular complexity index is 508. The van der Waals surface area contributed by atoms with E-state index in [1.807, 2.05) is 0 Å². The van der Waals surface area contributed by atoms with Gasteiger partial charge in [0.1, 0.15) is 23.7 Å². The monoisotopic (exact) mass is 351 g/mol. The molecule has 0 bridgehead atoms. The first-order valence-electron chi connectivity index (χ1n) is 6.92. The molecule has 5 N–H and O–H groups in total. The molecule has 0 aliphatic carbocycles. The molecule has 9 heteroatoms. The summed E-state index contributed by atoms with van der Waals surface area (Å²) >= 11 is 1.59. The first-order valence-corrected chi connectivity index (χ1v) is 7.97. The molecular weight excluding hydrogens is 330 g/mol. The summed E-state index contributed by atoms with van der Waals surface area (Å²) in [6, 6.07) is -0.549. The number of thioether (sulfide) groups is 1. The second-order valence-corrected chi connectivity index (χ2v) is 7.23. The topological polar surface area (TPSA) is 115 Å². The van der Waals surface area contributed by atoms with Gasteiger partial charge in [-0.05, 0) is 0 Å². The number of hydrogen-bond acceptors (Lipinski definition) is 4. The first kappa shape index (κ1) is 19.2. The summed E-state index contributed by atoms with van der Waals surface area (Å²) in [6.45, 7) is 2.89. The van der Waals surface area contributed by atoms with E-state index >= 15 is 0 Å². The Morgan fingerprint density at radius 1 is 1.45 bits per heavy atom. The summed E-state index contributed by atoms with van der Waals surface area (Å²) < 4.78 is 0.880. The van der Waals surface area contributed by atoms with Crippen LogP contribution in [0.4, 0.5) is 0 Å². The predicted molar refractivity (Wildman–Crippen MR) is 79.4 cm³/mol. The highest BCUT2D eigenvalue weighted by Crippen LogP contribution is 2.40. The summed E-state index contributed by atoms with van der Waals surface area (Å²) in [6.07, 6.45) is 2.38. The number of carbonyl (C=O) groups excluding carboxylic acids is 1. The number of likely N-dealkylation sites (tertiary alicyclic amines) is 1. The van der Waals surface area contributed by atoms with E-state index in [9.17, 15) is 14.7 Å². The third-order valence-electron chi connectivity index (χ3n) is 4.51. The average molecular weight is 352 g/mol. The molecule has 2 saturated heterocycles. The molecule has 2 unspecified atom stereocenters. The molecule has 1 amide bonds. The Balaban J connectivity index is 0.00000121. The summed E-state index contributed by atoms with van der Waals surface area (Å²) in [7, 11) is 2.17. The number of aliphatic carboxylic acids is 1. The third kappa shape index (κ3) is 2.98. The first-order chi connectivity index (χ1) is 9.43. The highest BCUT2D eigenvalue weighted by atomic mass is 35.5. The predicted octanol–water partition coefficient (Wildman–Crippen LogP) is -4.01. The fourth-order valence-electron chi connectivity index (χ4n) is 3.42. The Kier molecular flexibility index (Phi) is 5.91. The summed E-state index contributed by atoms with van der Waals surface area (Å²) in [5.41, 5.74) is 6.81. The van der Waals surface area contributed by atoms with Crippen LogP contribution in [0.5, 0.6) is 0 Å². The van der Waals surface area contributed by atoms with Crippen molar-refractivity contribution in [1.29, 1.82) is 0 Å². The maximum Gasteiger partial charge on any atom is 0.352 e. The van der Waals surface area contributed by atoms with Gasteiger partial charge in [0, 0.05) is 24.2 Å². The van der Waals surface area contributed by atoms with E-state index in [0.717, 1.165) is 29.7 Å². The van der Waals surface area contributed by atoms with Crippen LogP contribution in [0.2, 0.25) is 0 Å². The number of carbonyl (C=O) groups is 2. The van der Waals surface area contributed by atoms with Gasteiger partial charge in [0.15, 0.2) is 0 Å². The molecule has 0 radical (unpaired) electrons. The number of halogens is 1. The van der Waals surface area contributed by atoms with Crippen molar-refractivity contribution in [3.05, 3.63) is 11.3 Å². The van der Waals surface area contributed by atoms with Crippen molar-refractivity contribution in [2.75, 3.05) is 32.4 Å². The minimum atomic E-state index is -1.00. The molecule has 0 aromatic heterocycles. The highest BCUT2D eigenvalue weighted by Gasteiger charge is 2.52. The molecule has 3 heterocycles. The lowest BCUT2D eigenvalue weighted by molar-refractivity contribution is -0.893. The normalized spacial score (nSPS) is 29.2. The quantitative estimate of drug-likeness (QED) is 0.397. The van der Waals surface area contributed by atoms with Crippen LogP contribution in [-0.2, 0) is 9.59 Å². The number of carboxylic acids is 1. The largest absolute Gasteiger partial charge is 1.00 e. The fourth-order valence-corrected chi connectivity index (χ4v) is 4.70. The van der Waals surface area contributed by atoms with Crippen LogP contribution in [0, 0.1) is 0 Å². The Hall–Kier alpha value is -0.800. The van der Waals surface area contributed by atoms with Crippen molar-refractivity contribution in [3.63, 3.8) is 0 Å². The summed E-state index contributed by atoms with van der Waals surface area (Å²) in [5.74, 6) is -0.602. The van der Waals surface area contributed by atoms with Gasteiger partial charge in [-0.15, -0.1) is 11.8 Å². The van der Waals surface area contributed by atoms with E-state index in [-0.39, 0.29) is 34.9 Å². The molecule has 7 nitrogen and oxygen atoms in total. The van der Waals surface area contributed by atoms with Crippen LogP contribution in [-0.4, -0.2) is 75.7 Å². The van der Waals surface area contributed by atoms with Crippen LogP contribution < -0.4 is 18.1 Å². The number of nitrogens with two attached hydrogens (primary N) is 1. The Morgan fingerprint density at radius 3 is 2.59 bits per heavy atom. The minimum absolute atomic E-state index is 0. The second kappa shape index (κ2) is 6.76. The third-order valence-corrected chi connectivity index (χ3v) is 5.87. The molecule has 22 heavy (non-hydrogen) atoms. The van der Waals surface area contributed by atoms with Gasteiger partial charge in [-0.2, -0.15) is 0 Å². The van der Waals surface area contributed by atoms with E-state index in [2.05, 4.69) is 7.05 Å². The number of fused-ring (bicyclic) bond motifs is 1. The van der Waals surface area contributed by atoms with Gasteiger partial charge in [0.2, 0.25) is 5.91 Å². The minimum Gasteiger partial charge on any atom is -1.00 e. The van der Waals surface area contributed by atoms with E-state index < -0.39 is 12.0 Å². The van der Waals surface area contributed by atoms with Crippen molar-refractivity contribution in [2.24, 2.45) is 5.73 Å². The molecule has 2 fully saturated rings. The van der Waals surface area contributed by atoms with Crippen molar-refractivity contribution in [3.8, 4) is 0 Å². The molecule has 3 aliphatic rings. The maximum atomic E-state index is 11.9. The van der Waals surface area contributed by atoms with E-state index in [4.69, 9.17) is 5.73 Å². The van der Waals surface area contributed by atoms with Crippen LogP contribution >= 0.6 is 11.8 Å². The van der Waals surface area contributed by atoms with Crippen molar-refractivity contribution in [1.82, 2.24) is 4.90 Å². The fraction of sp³-hybridized carbons (Fsp3) is 0.692. The van der Waals surface area contributed by atoms with Gasteiger partial charge in [-0.1, -0.05) is 0 Å². The van der Waals surface area contributed by atoms with Gasteiger partial charge in [0.25, 0.3) is 0 Å². The van der Waals surface area contributed by atoms with Crippen LogP contribution in [0.1, 0.15) is 12.8 Å². The molecule has 0 spiro atoms. The van der Waals surface area contributed by atoms with Gasteiger partial charge in [-0.25, -0.2) is 4.79 Å². The van der Waals surface area contributed by atoms with Crippen molar-refractivity contribution in [2.45, 2.75) is 24.3 Å². The van der Waals surface area contributed by atoms with Gasteiger partial charge >= 0.3 is 5.97 Å². The van der Waals surface area contributed by atoms with E-state index in [0.29, 0.717) is 5.75 Å². The lowest BCUT2D eigenvalue weighted by Crippen LogP contribution is -3.00. The van der Waals surface area contributed by atoms with Crippen LogP contribution in [0.25, 0.3) is 0 Å². The summed E-state index contributed by atoms with van der Waals surface area (Å²) in [4.78, 5) is 24.8. The molecule has 3 aliphatic heterocycles. The molecule has 126 valence electrons. The number of β-lactam (4-membered cyclic amide) rings is 1. The average Bonchev–Trinajstić information content (AvgIpc) is 2.83. The van der Waals surface area contributed by atoms with E-state index in [1.54, 1.807) is 11.8 Å². The number of quaternary nitrogens is 1. The number of rotatable bonds is 3. The van der Waals surface area contributed by atoms with Crippen LogP contribution in [0.3, 0.4) is 0 Å². The molecular formula is C13H22ClN3O4S. The van der Waals surface area contributed by atoms with Crippen LogP contribution in [0.15, 0.2) is 11.3 Å². The van der Waals surface area contributed by atoms with Crippen molar-refractivity contribution >= 4 is 23.6 Å². The molecule has 2 atom stereocenters. The maximum absolute atomic E-state index is 11.9. The van der Waals surface area contributed by atoms with E-state index in [1.165, 1.54) is 17.7 Å². The van der Waals surface area contributed by atoms with Gasteiger partial charge in [-0.3, -0.25) is 9.69 Å². The number of likely N-dealkylation sites (N-methyl/N-ethyl adjacent to an activating group) is 1. The standard InChI is InChI=1S/C13H19N3O3S.ClH.H2O/c1-16(4-2-3-5-16)6-8-7-20-12-9(14)11(17)15(12)10(8)13(18)19;;/h9,12H,2-7,14H2,1H3;1H;1H2. The Morgan fingerprint density at radius 2 is 2.05 bits per heavy atom. The summed E-state index contributed by atoms with van der Waals surface area (Å²) in [5, 5.41) is 9.29. The zero-order chi connectivity index (χ0) is 14.5. The molecule has 0 aromatic rings. The number of hydrogen-bond donors (Lipinski definition) is 2. The zero-order valence-electron chi connectivity index (χ0n) is 12.4.